The molecule has 2 aromatic rings. The lowest BCUT2D eigenvalue weighted by molar-refractivity contribution is -0.149. The Kier molecular flexibility index (Phi) is 7.38. The van der Waals surface area contributed by atoms with Gasteiger partial charge in [0, 0.05) is 19.8 Å². The van der Waals surface area contributed by atoms with Crippen LogP contribution in [0.5, 0.6) is 5.75 Å². The fraction of sp³-hybridized carbons (Fsp3) is 0.222. The molecule has 1 amide bonds. The molecule has 0 aliphatic carbocycles. The Morgan fingerprint density at radius 2 is 1.68 bits per heavy atom. The first kappa shape index (κ1) is 21.7. The summed E-state index contributed by atoms with van der Waals surface area (Å²) in [4.78, 5) is 23.6. The van der Waals surface area contributed by atoms with Gasteiger partial charge in [-0.25, -0.2) is 17.5 Å². The Hall–Kier alpha value is -2.62. The number of hydrogen-bond acceptors (Lipinski definition) is 6. The highest BCUT2D eigenvalue weighted by Crippen LogP contribution is 2.22. The van der Waals surface area contributed by atoms with Crippen molar-refractivity contribution >= 4 is 39.2 Å². The zero-order chi connectivity index (χ0) is 20.7. The maximum absolute atomic E-state index is 12.0. The number of esters is 1. The molecule has 0 atom stereocenters. The molecule has 0 saturated carbocycles. The zero-order valence-electron chi connectivity index (χ0n) is 15.2. The molecule has 8 nitrogen and oxygen atoms in total. The third-order valence-electron chi connectivity index (χ3n) is 3.46. The van der Waals surface area contributed by atoms with Gasteiger partial charge in [0.15, 0.2) is 13.2 Å². The molecule has 2 aromatic carbocycles. The van der Waals surface area contributed by atoms with Crippen LogP contribution in [-0.4, -0.2) is 51.9 Å². The van der Waals surface area contributed by atoms with Crippen LogP contribution in [0, 0.1) is 0 Å². The normalized spacial score (nSPS) is 11.1. The molecule has 28 heavy (non-hydrogen) atoms. The first-order chi connectivity index (χ1) is 13.2. The summed E-state index contributed by atoms with van der Waals surface area (Å²) in [6.07, 6.45) is 0. The van der Waals surface area contributed by atoms with Gasteiger partial charge in [0.25, 0.3) is 5.91 Å². The quantitative estimate of drug-likeness (QED) is 0.649. The molecule has 0 spiro atoms. The number of para-hydroxylation sites is 1. The average molecular weight is 427 g/mol. The number of nitrogens with zero attached hydrogens (tertiary/aromatic N) is 1. The first-order valence-electron chi connectivity index (χ1n) is 8.05. The van der Waals surface area contributed by atoms with E-state index in [0.29, 0.717) is 16.5 Å². The van der Waals surface area contributed by atoms with E-state index in [4.69, 9.17) is 21.1 Å². The fourth-order valence-corrected chi connectivity index (χ4v) is 3.10. The van der Waals surface area contributed by atoms with Crippen molar-refractivity contribution in [2.24, 2.45) is 0 Å². The lowest BCUT2D eigenvalue weighted by Crippen LogP contribution is -2.24. The number of ether oxygens (including phenoxy) is 2. The molecule has 2 rings (SSSR count). The van der Waals surface area contributed by atoms with E-state index in [-0.39, 0.29) is 4.90 Å². The van der Waals surface area contributed by atoms with Crippen LogP contribution in [0.15, 0.2) is 53.4 Å². The van der Waals surface area contributed by atoms with Crippen LogP contribution in [0.4, 0.5) is 5.69 Å². The highest BCUT2D eigenvalue weighted by Gasteiger charge is 2.17. The van der Waals surface area contributed by atoms with Crippen LogP contribution >= 0.6 is 11.6 Å². The minimum atomic E-state index is -3.55. The topological polar surface area (TPSA) is 102 Å². The summed E-state index contributed by atoms with van der Waals surface area (Å²) in [5.74, 6) is -0.977. The predicted molar refractivity (Wildman–Crippen MR) is 104 cm³/mol. The third kappa shape index (κ3) is 5.95. The van der Waals surface area contributed by atoms with E-state index in [2.05, 4.69) is 5.32 Å². The molecule has 0 saturated heterocycles. The molecule has 10 heteroatoms. The lowest BCUT2D eigenvalue weighted by Gasteiger charge is -2.12. The van der Waals surface area contributed by atoms with Gasteiger partial charge in [-0.1, -0.05) is 23.7 Å². The molecule has 150 valence electrons. The fourth-order valence-electron chi connectivity index (χ4n) is 2.00. The molecule has 0 unspecified atom stereocenters. The van der Waals surface area contributed by atoms with E-state index in [1.807, 2.05) is 0 Å². The van der Waals surface area contributed by atoms with Gasteiger partial charge in [-0.15, -0.1) is 0 Å². The van der Waals surface area contributed by atoms with E-state index in [0.717, 1.165) is 4.31 Å². The Morgan fingerprint density at radius 1 is 1.04 bits per heavy atom. The van der Waals surface area contributed by atoms with Crippen molar-refractivity contribution in [2.75, 3.05) is 32.6 Å². The van der Waals surface area contributed by atoms with E-state index < -0.39 is 35.1 Å². The minimum absolute atomic E-state index is 0.0960. The lowest BCUT2D eigenvalue weighted by atomic mass is 10.3. The van der Waals surface area contributed by atoms with Crippen LogP contribution < -0.4 is 10.1 Å². The van der Waals surface area contributed by atoms with E-state index in [1.54, 1.807) is 24.3 Å². The second-order valence-corrected chi connectivity index (χ2v) is 8.30. The summed E-state index contributed by atoms with van der Waals surface area (Å²) in [5.41, 5.74) is 0.367. The molecule has 0 fully saturated rings. The molecule has 0 bridgehead atoms. The van der Waals surface area contributed by atoms with Crippen molar-refractivity contribution in [3.05, 3.63) is 53.6 Å². The van der Waals surface area contributed by atoms with Crippen molar-refractivity contribution in [2.45, 2.75) is 4.90 Å². The number of anilines is 1. The van der Waals surface area contributed by atoms with Crippen molar-refractivity contribution in [1.82, 2.24) is 4.31 Å². The smallest absolute Gasteiger partial charge is 0.344 e. The summed E-state index contributed by atoms with van der Waals surface area (Å²) in [6.45, 7) is -0.906. The summed E-state index contributed by atoms with van der Waals surface area (Å²) >= 11 is 5.90. The van der Waals surface area contributed by atoms with E-state index in [1.165, 1.54) is 38.4 Å². The summed E-state index contributed by atoms with van der Waals surface area (Å²) in [5, 5.41) is 2.86. The third-order valence-corrected chi connectivity index (χ3v) is 5.60. The molecule has 0 aliphatic rings. The van der Waals surface area contributed by atoms with Crippen molar-refractivity contribution < 1.29 is 27.5 Å². The maximum Gasteiger partial charge on any atom is 0.344 e. The van der Waals surface area contributed by atoms with Gasteiger partial charge in [0.05, 0.1) is 9.92 Å². The number of benzene rings is 2. The second-order valence-electron chi connectivity index (χ2n) is 5.74. The van der Waals surface area contributed by atoms with Crippen molar-refractivity contribution in [3.8, 4) is 5.75 Å². The van der Waals surface area contributed by atoms with Crippen LogP contribution in [-0.2, 0) is 24.3 Å². The standard InChI is InChI=1S/C18H19ClN2O6S/c1-21(2)28(24,25)14-9-7-13(8-10-14)20-17(22)11-27-18(23)12-26-16-6-4-3-5-15(16)19/h3-10H,11-12H2,1-2H3,(H,20,22). The highest BCUT2D eigenvalue weighted by atomic mass is 35.5. The number of sulfonamides is 1. The number of carbonyl (C=O) groups is 2. The van der Waals surface area contributed by atoms with Gasteiger partial charge >= 0.3 is 5.97 Å². The Balaban J connectivity index is 1.81. The van der Waals surface area contributed by atoms with Gasteiger partial charge < -0.3 is 14.8 Å². The molecule has 0 aliphatic heterocycles. The van der Waals surface area contributed by atoms with Crippen LogP contribution in [0.1, 0.15) is 0 Å². The van der Waals surface area contributed by atoms with Gasteiger partial charge in [-0.05, 0) is 36.4 Å². The number of carbonyl (C=O) groups excluding carboxylic acids is 2. The van der Waals surface area contributed by atoms with E-state index in [9.17, 15) is 18.0 Å². The molecular formula is C18H19ClN2O6S. The molecule has 0 heterocycles. The number of halogens is 1. The van der Waals surface area contributed by atoms with Crippen molar-refractivity contribution in [3.63, 3.8) is 0 Å². The van der Waals surface area contributed by atoms with Gasteiger partial charge in [0.2, 0.25) is 10.0 Å². The predicted octanol–water partition coefficient (Wildman–Crippen LogP) is 2.15. The summed E-state index contributed by atoms with van der Waals surface area (Å²) in [6, 6.07) is 12.3. The van der Waals surface area contributed by atoms with Crippen LogP contribution in [0.2, 0.25) is 5.02 Å². The number of rotatable bonds is 8. The minimum Gasteiger partial charge on any atom is -0.480 e. The number of nitrogens with one attached hydrogen (secondary N) is 1. The maximum atomic E-state index is 12.0. The molecule has 0 radical (unpaired) electrons. The average Bonchev–Trinajstić information content (AvgIpc) is 2.66. The van der Waals surface area contributed by atoms with Crippen molar-refractivity contribution in [1.29, 1.82) is 0 Å². The number of hydrogen-bond donors (Lipinski definition) is 1. The monoisotopic (exact) mass is 426 g/mol. The van der Waals surface area contributed by atoms with Gasteiger partial charge in [-0.2, -0.15) is 0 Å². The first-order valence-corrected chi connectivity index (χ1v) is 9.87. The Morgan fingerprint density at radius 3 is 2.29 bits per heavy atom. The van der Waals surface area contributed by atoms with E-state index >= 15 is 0 Å². The zero-order valence-corrected chi connectivity index (χ0v) is 16.8. The molecule has 0 aromatic heterocycles. The van der Waals surface area contributed by atoms with Crippen LogP contribution in [0.3, 0.4) is 0 Å². The molecule has 1 N–H and O–H groups in total. The largest absolute Gasteiger partial charge is 0.480 e. The Labute approximate surface area is 168 Å². The highest BCUT2D eigenvalue weighted by molar-refractivity contribution is 7.89. The van der Waals surface area contributed by atoms with Gasteiger partial charge in [0.1, 0.15) is 5.75 Å². The second kappa shape index (κ2) is 9.54. The van der Waals surface area contributed by atoms with Gasteiger partial charge in [-0.3, -0.25) is 4.79 Å². The summed E-state index contributed by atoms with van der Waals surface area (Å²) in [7, 11) is -0.697. The summed E-state index contributed by atoms with van der Waals surface area (Å²) < 4.78 is 35.1. The van der Waals surface area contributed by atoms with Crippen LogP contribution in [0.25, 0.3) is 0 Å². The molecular weight excluding hydrogens is 408 g/mol. The SMILES string of the molecule is CN(C)S(=O)(=O)c1ccc(NC(=O)COC(=O)COc2ccccc2Cl)cc1. The Bertz CT molecular complexity index is 945. The number of amides is 1.